The first-order valence-corrected chi connectivity index (χ1v) is 7.26. The molecule has 2 heteroatoms. The third-order valence-electron chi connectivity index (χ3n) is 3.73. The molecule has 0 aliphatic heterocycles. The predicted molar refractivity (Wildman–Crippen MR) is 75.9 cm³/mol. The van der Waals surface area contributed by atoms with E-state index in [1.165, 1.54) is 31.2 Å². The monoisotopic (exact) mass is 247 g/mol. The number of unbranched alkanes of at least 4 members (excludes halogenated alkanes) is 1. The van der Waals surface area contributed by atoms with Gasteiger partial charge in [-0.05, 0) is 30.7 Å². The number of ether oxygens (including phenoxy) is 1. The molecular formula is C16H25NO. The second-order valence-corrected chi connectivity index (χ2v) is 5.20. The Balaban J connectivity index is 1.52. The van der Waals surface area contributed by atoms with Crippen LogP contribution in [0.3, 0.4) is 0 Å². The molecule has 1 aromatic rings. The van der Waals surface area contributed by atoms with Gasteiger partial charge in [0.1, 0.15) is 0 Å². The average molecular weight is 247 g/mol. The van der Waals surface area contributed by atoms with Gasteiger partial charge in [0.05, 0.1) is 6.61 Å². The van der Waals surface area contributed by atoms with Gasteiger partial charge in [-0.3, -0.25) is 0 Å². The van der Waals surface area contributed by atoms with Crippen molar-refractivity contribution < 1.29 is 4.74 Å². The largest absolute Gasteiger partial charge is 0.380 e. The van der Waals surface area contributed by atoms with Gasteiger partial charge in [-0.1, -0.05) is 43.7 Å². The van der Waals surface area contributed by atoms with Crippen molar-refractivity contribution in [2.24, 2.45) is 0 Å². The average Bonchev–Trinajstić information content (AvgIpc) is 2.36. The van der Waals surface area contributed by atoms with Crippen molar-refractivity contribution in [3.63, 3.8) is 0 Å². The lowest BCUT2D eigenvalue weighted by atomic mass is 9.76. The number of hydrogen-bond donors (Lipinski definition) is 1. The summed E-state index contributed by atoms with van der Waals surface area (Å²) < 4.78 is 5.54. The maximum atomic E-state index is 5.54. The summed E-state index contributed by atoms with van der Waals surface area (Å²) >= 11 is 0. The van der Waals surface area contributed by atoms with Crippen LogP contribution in [0.25, 0.3) is 0 Å². The Kier molecular flexibility index (Phi) is 5.69. The molecule has 1 N–H and O–H groups in total. The lowest BCUT2D eigenvalue weighted by Gasteiger charge is -2.36. The summed E-state index contributed by atoms with van der Waals surface area (Å²) in [4.78, 5) is 0. The van der Waals surface area contributed by atoms with Crippen molar-refractivity contribution in [2.75, 3.05) is 19.8 Å². The second-order valence-electron chi connectivity index (χ2n) is 5.20. The minimum Gasteiger partial charge on any atom is -0.380 e. The molecule has 2 rings (SSSR count). The van der Waals surface area contributed by atoms with Crippen molar-refractivity contribution in [1.82, 2.24) is 5.32 Å². The van der Waals surface area contributed by atoms with Gasteiger partial charge in [-0.2, -0.15) is 0 Å². The standard InChI is InChI=1S/C16H25NO/c1-2-3-10-18-11-9-17-16-12-15(13-16)14-7-5-4-6-8-14/h4-8,15-17H,2-3,9-13H2,1H3. The van der Waals surface area contributed by atoms with Crippen LogP contribution in [0, 0.1) is 0 Å². The molecule has 0 aromatic heterocycles. The summed E-state index contributed by atoms with van der Waals surface area (Å²) in [5.74, 6) is 0.768. The summed E-state index contributed by atoms with van der Waals surface area (Å²) in [5, 5.41) is 3.57. The highest BCUT2D eigenvalue weighted by atomic mass is 16.5. The first kappa shape index (κ1) is 13.6. The molecule has 18 heavy (non-hydrogen) atoms. The van der Waals surface area contributed by atoms with Gasteiger partial charge >= 0.3 is 0 Å². The molecule has 100 valence electrons. The quantitative estimate of drug-likeness (QED) is 0.711. The summed E-state index contributed by atoms with van der Waals surface area (Å²) in [5.41, 5.74) is 1.50. The fourth-order valence-corrected chi connectivity index (χ4v) is 2.47. The first-order chi connectivity index (χ1) is 8.90. The highest BCUT2D eigenvalue weighted by Crippen LogP contribution is 2.36. The third kappa shape index (κ3) is 4.11. The molecule has 2 nitrogen and oxygen atoms in total. The Hall–Kier alpha value is -0.860. The predicted octanol–water partition coefficient (Wildman–Crippen LogP) is 3.34. The molecule has 0 bridgehead atoms. The Bertz CT molecular complexity index is 319. The SMILES string of the molecule is CCCCOCCNC1CC(c2ccccc2)C1. The number of rotatable bonds is 8. The number of nitrogens with one attached hydrogen (secondary N) is 1. The van der Waals surface area contributed by atoms with Crippen molar-refractivity contribution in [1.29, 1.82) is 0 Å². The third-order valence-corrected chi connectivity index (χ3v) is 3.73. The summed E-state index contributed by atoms with van der Waals surface area (Å²) in [6.07, 6.45) is 4.95. The molecular weight excluding hydrogens is 222 g/mol. The maximum absolute atomic E-state index is 5.54. The second kappa shape index (κ2) is 7.55. The van der Waals surface area contributed by atoms with Crippen LogP contribution in [-0.4, -0.2) is 25.8 Å². The molecule has 1 aliphatic rings. The van der Waals surface area contributed by atoms with E-state index in [1.54, 1.807) is 0 Å². The van der Waals surface area contributed by atoms with E-state index < -0.39 is 0 Å². The highest BCUT2D eigenvalue weighted by molar-refractivity contribution is 5.22. The lowest BCUT2D eigenvalue weighted by molar-refractivity contribution is 0.126. The molecule has 0 spiro atoms. The minimum atomic E-state index is 0.699. The van der Waals surface area contributed by atoms with E-state index in [-0.39, 0.29) is 0 Å². The van der Waals surface area contributed by atoms with Gasteiger partial charge in [0, 0.05) is 19.2 Å². The zero-order chi connectivity index (χ0) is 12.6. The number of hydrogen-bond acceptors (Lipinski definition) is 2. The Labute approximate surface area is 111 Å². The maximum Gasteiger partial charge on any atom is 0.0591 e. The van der Waals surface area contributed by atoms with Crippen molar-refractivity contribution in [3.8, 4) is 0 Å². The van der Waals surface area contributed by atoms with Gasteiger partial charge in [-0.25, -0.2) is 0 Å². The molecule has 0 radical (unpaired) electrons. The van der Waals surface area contributed by atoms with Crippen LogP contribution in [0.15, 0.2) is 30.3 Å². The van der Waals surface area contributed by atoms with E-state index in [0.717, 1.165) is 25.7 Å². The van der Waals surface area contributed by atoms with E-state index in [0.29, 0.717) is 6.04 Å². The normalized spacial score (nSPS) is 22.7. The van der Waals surface area contributed by atoms with Gasteiger partial charge in [0.25, 0.3) is 0 Å². The van der Waals surface area contributed by atoms with Gasteiger partial charge in [0.2, 0.25) is 0 Å². The van der Waals surface area contributed by atoms with E-state index in [1.807, 2.05) is 0 Å². The van der Waals surface area contributed by atoms with Gasteiger partial charge < -0.3 is 10.1 Å². The van der Waals surface area contributed by atoms with E-state index >= 15 is 0 Å². The van der Waals surface area contributed by atoms with Crippen LogP contribution in [-0.2, 0) is 4.74 Å². The van der Waals surface area contributed by atoms with Crippen molar-refractivity contribution in [3.05, 3.63) is 35.9 Å². The Morgan fingerprint density at radius 3 is 2.67 bits per heavy atom. The molecule has 0 saturated heterocycles. The van der Waals surface area contributed by atoms with Crippen LogP contribution in [0.2, 0.25) is 0 Å². The van der Waals surface area contributed by atoms with Crippen molar-refractivity contribution >= 4 is 0 Å². The molecule has 1 aromatic carbocycles. The Morgan fingerprint density at radius 2 is 1.94 bits per heavy atom. The summed E-state index contributed by atoms with van der Waals surface area (Å²) in [7, 11) is 0. The van der Waals surface area contributed by atoms with Crippen LogP contribution >= 0.6 is 0 Å². The van der Waals surface area contributed by atoms with Crippen molar-refractivity contribution in [2.45, 2.75) is 44.6 Å². The Morgan fingerprint density at radius 1 is 1.17 bits per heavy atom. The van der Waals surface area contributed by atoms with Gasteiger partial charge in [0.15, 0.2) is 0 Å². The van der Waals surface area contributed by atoms with E-state index in [4.69, 9.17) is 4.74 Å². The number of benzene rings is 1. The summed E-state index contributed by atoms with van der Waals surface area (Å²) in [6.45, 7) is 4.96. The molecule has 0 amide bonds. The fraction of sp³-hybridized carbons (Fsp3) is 0.625. The van der Waals surface area contributed by atoms with E-state index in [2.05, 4.69) is 42.6 Å². The lowest BCUT2D eigenvalue weighted by Crippen LogP contribution is -2.41. The summed E-state index contributed by atoms with van der Waals surface area (Å²) in [6, 6.07) is 11.6. The molecule has 1 fully saturated rings. The molecule has 0 atom stereocenters. The molecule has 0 heterocycles. The van der Waals surface area contributed by atoms with Crippen LogP contribution < -0.4 is 5.32 Å². The highest BCUT2D eigenvalue weighted by Gasteiger charge is 2.29. The van der Waals surface area contributed by atoms with Crippen LogP contribution in [0.1, 0.15) is 44.1 Å². The van der Waals surface area contributed by atoms with Crippen LogP contribution in [0.5, 0.6) is 0 Å². The molecule has 0 unspecified atom stereocenters. The first-order valence-electron chi connectivity index (χ1n) is 7.26. The van der Waals surface area contributed by atoms with E-state index in [9.17, 15) is 0 Å². The topological polar surface area (TPSA) is 21.3 Å². The fourth-order valence-electron chi connectivity index (χ4n) is 2.47. The van der Waals surface area contributed by atoms with Crippen LogP contribution in [0.4, 0.5) is 0 Å². The molecule has 1 aliphatic carbocycles. The molecule has 1 saturated carbocycles. The minimum absolute atomic E-state index is 0.699. The van der Waals surface area contributed by atoms with Gasteiger partial charge in [-0.15, -0.1) is 0 Å². The zero-order valence-corrected chi connectivity index (χ0v) is 11.4. The smallest absolute Gasteiger partial charge is 0.0591 e. The zero-order valence-electron chi connectivity index (χ0n) is 11.4.